The van der Waals surface area contributed by atoms with Crippen LogP contribution in [-0.2, 0) is 21.8 Å². The molecular formula is C11H19N3O3. The van der Waals surface area contributed by atoms with Crippen molar-refractivity contribution in [2.45, 2.75) is 44.8 Å². The maximum Gasteiger partial charge on any atom is 0.254 e. The van der Waals surface area contributed by atoms with Gasteiger partial charge in [0.1, 0.15) is 12.2 Å². The van der Waals surface area contributed by atoms with Crippen molar-refractivity contribution in [1.82, 2.24) is 10.1 Å². The predicted octanol–water partition coefficient (Wildman–Crippen LogP) is 1.51. The summed E-state index contributed by atoms with van der Waals surface area (Å²) in [5.41, 5.74) is -0.409. The molecule has 0 aliphatic heterocycles. The van der Waals surface area contributed by atoms with Crippen LogP contribution in [0.5, 0.6) is 0 Å². The maximum atomic E-state index is 5.67. The van der Waals surface area contributed by atoms with E-state index in [1.165, 1.54) is 6.42 Å². The smallest absolute Gasteiger partial charge is 0.254 e. The lowest BCUT2D eigenvalue weighted by atomic mass is 9.78. The van der Waals surface area contributed by atoms with Crippen LogP contribution in [0.25, 0.3) is 0 Å². The second-order valence-corrected chi connectivity index (χ2v) is 4.72. The molecule has 0 radical (unpaired) electrons. The summed E-state index contributed by atoms with van der Waals surface area (Å²) in [5, 5.41) is 3.99. The minimum Gasteiger partial charge on any atom is -0.370 e. The van der Waals surface area contributed by atoms with Gasteiger partial charge in [-0.25, -0.2) is 5.90 Å². The molecule has 6 heteroatoms. The standard InChI is InChI=1S/C11H19N3O3/c1-8-4-3-5-11(6-8,15-2)10-13-9(7-16-12)17-14-10/h8H,3-7,12H2,1-2H3. The SMILES string of the molecule is COC1(c2noc(CON)n2)CCCC(C)C1. The number of methoxy groups -OCH3 is 1. The number of rotatable bonds is 4. The largest absolute Gasteiger partial charge is 0.370 e. The van der Waals surface area contributed by atoms with Gasteiger partial charge in [0.25, 0.3) is 5.89 Å². The summed E-state index contributed by atoms with van der Waals surface area (Å²) in [4.78, 5) is 8.77. The van der Waals surface area contributed by atoms with Crippen LogP contribution in [0.15, 0.2) is 4.52 Å². The molecule has 1 aliphatic carbocycles. The van der Waals surface area contributed by atoms with E-state index in [1.807, 2.05) is 0 Å². The Morgan fingerprint density at radius 1 is 1.59 bits per heavy atom. The molecule has 17 heavy (non-hydrogen) atoms. The fraction of sp³-hybridized carbons (Fsp3) is 0.818. The molecule has 2 N–H and O–H groups in total. The monoisotopic (exact) mass is 241 g/mol. The van der Waals surface area contributed by atoms with Crippen LogP contribution >= 0.6 is 0 Å². The Hall–Kier alpha value is -0.980. The first kappa shape index (κ1) is 12.5. The Labute approximate surface area is 100 Å². The van der Waals surface area contributed by atoms with Gasteiger partial charge in [-0.3, -0.25) is 4.84 Å². The Bertz CT molecular complexity index is 369. The Kier molecular flexibility index (Phi) is 3.76. The zero-order chi connectivity index (χ0) is 12.3. The molecule has 1 heterocycles. The van der Waals surface area contributed by atoms with Crippen molar-refractivity contribution in [2.75, 3.05) is 7.11 Å². The summed E-state index contributed by atoms with van der Waals surface area (Å²) in [7, 11) is 1.70. The van der Waals surface area contributed by atoms with Crippen molar-refractivity contribution in [3.63, 3.8) is 0 Å². The first-order valence-corrected chi connectivity index (χ1v) is 5.90. The highest BCUT2D eigenvalue weighted by atomic mass is 16.6. The van der Waals surface area contributed by atoms with Crippen molar-refractivity contribution in [1.29, 1.82) is 0 Å². The molecule has 2 rings (SSSR count). The topological polar surface area (TPSA) is 83.4 Å². The van der Waals surface area contributed by atoms with Crippen LogP contribution in [0, 0.1) is 5.92 Å². The lowest BCUT2D eigenvalue weighted by Crippen LogP contribution is -2.35. The van der Waals surface area contributed by atoms with Gasteiger partial charge in [-0.2, -0.15) is 4.98 Å². The van der Waals surface area contributed by atoms with E-state index in [1.54, 1.807) is 7.11 Å². The van der Waals surface area contributed by atoms with E-state index in [0.717, 1.165) is 19.3 Å². The second-order valence-electron chi connectivity index (χ2n) is 4.72. The molecular weight excluding hydrogens is 222 g/mol. The summed E-state index contributed by atoms with van der Waals surface area (Å²) in [6.45, 7) is 2.35. The van der Waals surface area contributed by atoms with Gasteiger partial charge in [-0.05, 0) is 25.2 Å². The third-order valence-corrected chi connectivity index (χ3v) is 3.43. The average Bonchev–Trinajstić information content (AvgIpc) is 2.78. The summed E-state index contributed by atoms with van der Waals surface area (Å²) in [6, 6.07) is 0. The average molecular weight is 241 g/mol. The molecule has 0 bridgehead atoms. The van der Waals surface area contributed by atoms with Crippen molar-refractivity contribution >= 4 is 0 Å². The highest BCUT2D eigenvalue weighted by Gasteiger charge is 2.40. The molecule has 6 nitrogen and oxygen atoms in total. The van der Waals surface area contributed by atoms with Crippen molar-refractivity contribution in [2.24, 2.45) is 11.8 Å². The fourth-order valence-electron chi connectivity index (χ4n) is 2.55. The van der Waals surface area contributed by atoms with Gasteiger partial charge >= 0.3 is 0 Å². The van der Waals surface area contributed by atoms with Crippen molar-refractivity contribution in [3.8, 4) is 0 Å². The summed E-state index contributed by atoms with van der Waals surface area (Å²) in [5.74, 6) is 6.58. The van der Waals surface area contributed by atoms with Crippen molar-refractivity contribution < 1.29 is 14.1 Å². The summed E-state index contributed by atoms with van der Waals surface area (Å²) in [6.07, 6.45) is 4.19. The molecule has 96 valence electrons. The molecule has 2 unspecified atom stereocenters. The van der Waals surface area contributed by atoms with E-state index in [0.29, 0.717) is 17.6 Å². The Morgan fingerprint density at radius 2 is 2.41 bits per heavy atom. The molecule has 1 fully saturated rings. The van der Waals surface area contributed by atoms with E-state index < -0.39 is 5.60 Å². The summed E-state index contributed by atoms with van der Waals surface area (Å²) >= 11 is 0. The van der Waals surface area contributed by atoms with E-state index in [-0.39, 0.29) is 6.61 Å². The molecule has 0 saturated heterocycles. The van der Waals surface area contributed by atoms with Gasteiger partial charge < -0.3 is 9.26 Å². The number of aromatic nitrogens is 2. The normalized spacial score (nSPS) is 29.5. The molecule has 2 atom stereocenters. The predicted molar refractivity (Wildman–Crippen MR) is 59.6 cm³/mol. The molecule has 1 aromatic rings. The highest BCUT2D eigenvalue weighted by molar-refractivity contribution is 5.04. The number of hydrogen-bond acceptors (Lipinski definition) is 6. The maximum absolute atomic E-state index is 5.67. The fourth-order valence-corrected chi connectivity index (χ4v) is 2.55. The Morgan fingerprint density at radius 3 is 3.06 bits per heavy atom. The van der Waals surface area contributed by atoms with Gasteiger partial charge in [0.05, 0.1) is 0 Å². The van der Waals surface area contributed by atoms with E-state index in [2.05, 4.69) is 21.9 Å². The number of nitrogens with zero attached hydrogens (tertiary/aromatic N) is 2. The summed E-state index contributed by atoms with van der Waals surface area (Å²) < 4.78 is 10.7. The molecule has 0 amide bonds. The van der Waals surface area contributed by atoms with Crippen LogP contribution in [0.1, 0.15) is 44.3 Å². The number of nitrogens with two attached hydrogens (primary N) is 1. The van der Waals surface area contributed by atoms with Gasteiger partial charge in [-0.1, -0.05) is 18.5 Å². The van der Waals surface area contributed by atoms with Crippen LogP contribution in [0.4, 0.5) is 0 Å². The molecule has 1 aromatic heterocycles. The van der Waals surface area contributed by atoms with Crippen LogP contribution in [-0.4, -0.2) is 17.3 Å². The van der Waals surface area contributed by atoms with E-state index in [4.69, 9.17) is 15.2 Å². The Balaban J connectivity index is 2.20. The van der Waals surface area contributed by atoms with Crippen LogP contribution in [0.2, 0.25) is 0 Å². The molecule has 0 spiro atoms. The van der Waals surface area contributed by atoms with E-state index in [9.17, 15) is 0 Å². The first-order valence-electron chi connectivity index (χ1n) is 5.90. The zero-order valence-electron chi connectivity index (χ0n) is 10.3. The van der Waals surface area contributed by atoms with Gasteiger partial charge in [0.15, 0.2) is 0 Å². The van der Waals surface area contributed by atoms with E-state index >= 15 is 0 Å². The molecule has 1 aliphatic rings. The second kappa shape index (κ2) is 5.12. The third-order valence-electron chi connectivity index (χ3n) is 3.43. The van der Waals surface area contributed by atoms with Gasteiger partial charge in [-0.15, -0.1) is 0 Å². The lowest BCUT2D eigenvalue weighted by Gasteiger charge is -2.36. The highest BCUT2D eigenvalue weighted by Crippen LogP contribution is 2.41. The van der Waals surface area contributed by atoms with Crippen LogP contribution < -0.4 is 5.90 Å². The molecule has 1 saturated carbocycles. The van der Waals surface area contributed by atoms with Gasteiger partial charge in [0, 0.05) is 7.11 Å². The third kappa shape index (κ3) is 2.48. The van der Waals surface area contributed by atoms with Crippen LogP contribution in [0.3, 0.4) is 0 Å². The first-order chi connectivity index (χ1) is 8.20. The zero-order valence-corrected chi connectivity index (χ0v) is 10.3. The number of ether oxygens (including phenoxy) is 1. The molecule has 0 aromatic carbocycles. The lowest BCUT2D eigenvalue weighted by molar-refractivity contribution is -0.0658. The van der Waals surface area contributed by atoms with Crippen molar-refractivity contribution in [3.05, 3.63) is 11.7 Å². The minimum atomic E-state index is -0.409. The quantitative estimate of drug-likeness (QED) is 0.804. The van der Waals surface area contributed by atoms with Gasteiger partial charge in [0.2, 0.25) is 5.82 Å². The number of hydrogen-bond donors (Lipinski definition) is 1. The minimum absolute atomic E-state index is 0.127.